The van der Waals surface area contributed by atoms with Crippen LogP contribution in [0.25, 0.3) is 33.5 Å². The van der Waals surface area contributed by atoms with E-state index in [1.165, 1.54) is 6.33 Å². The quantitative estimate of drug-likeness (QED) is 0.528. The third-order valence-corrected chi connectivity index (χ3v) is 5.56. The monoisotopic (exact) mass is 415 g/mol. The molecule has 0 spiro atoms. The van der Waals surface area contributed by atoms with Crippen LogP contribution < -0.4 is 4.74 Å². The number of ether oxygens (including phenoxy) is 2. The van der Waals surface area contributed by atoms with Gasteiger partial charge in [0.05, 0.1) is 41.4 Å². The van der Waals surface area contributed by atoms with Crippen molar-refractivity contribution in [1.82, 2.24) is 20.1 Å². The van der Waals surface area contributed by atoms with Crippen molar-refractivity contribution in [3.63, 3.8) is 0 Å². The number of aryl methyl sites for hydroxylation is 2. The molecular formula is C23H21N5O3. The van der Waals surface area contributed by atoms with E-state index < -0.39 is 0 Å². The second-order valence-electron chi connectivity index (χ2n) is 7.62. The number of fused-ring (bicyclic) bond motifs is 1. The molecule has 1 aliphatic rings. The molecule has 0 atom stereocenters. The first-order valence-corrected chi connectivity index (χ1v) is 10.2. The molecule has 4 aromatic rings. The zero-order valence-electron chi connectivity index (χ0n) is 17.3. The summed E-state index contributed by atoms with van der Waals surface area (Å²) in [4.78, 5) is 12.2. The van der Waals surface area contributed by atoms with Crippen LogP contribution in [0.2, 0.25) is 0 Å². The summed E-state index contributed by atoms with van der Waals surface area (Å²) in [6.07, 6.45) is 3.24. The molecule has 8 heteroatoms. The van der Waals surface area contributed by atoms with E-state index in [1.54, 1.807) is 0 Å². The highest BCUT2D eigenvalue weighted by molar-refractivity contribution is 5.94. The van der Waals surface area contributed by atoms with Crippen LogP contribution in [0, 0.1) is 25.2 Å². The summed E-state index contributed by atoms with van der Waals surface area (Å²) in [6, 6.07) is 9.85. The lowest BCUT2D eigenvalue weighted by Crippen LogP contribution is -2.26. The van der Waals surface area contributed by atoms with Gasteiger partial charge in [-0.3, -0.25) is 0 Å². The second-order valence-corrected chi connectivity index (χ2v) is 7.62. The van der Waals surface area contributed by atoms with Crippen molar-refractivity contribution in [3.05, 3.63) is 47.6 Å². The molecule has 0 radical (unpaired) electrons. The van der Waals surface area contributed by atoms with Gasteiger partial charge in [-0.05, 0) is 38.1 Å². The van der Waals surface area contributed by atoms with Crippen molar-refractivity contribution >= 4 is 11.0 Å². The molecule has 1 fully saturated rings. The topological polar surface area (TPSA) is 110 Å². The Hall–Kier alpha value is -3.70. The summed E-state index contributed by atoms with van der Waals surface area (Å²) in [7, 11) is 0. The molecule has 0 amide bonds. The van der Waals surface area contributed by atoms with E-state index in [4.69, 9.17) is 14.0 Å². The minimum Gasteiger partial charge on any atom is -0.489 e. The van der Waals surface area contributed by atoms with Gasteiger partial charge >= 0.3 is 0 Å². The predicted octanol–water partition coefficient (Wildman–Crippen LogP) is 4.33. The zero-order valence-corrected chi connectivity index (χ0v) is 17.3. The van der Waals surface area contributed by atoms with E-state index in [0.29, 0.717) is 30.2 Å². The molecule has 156 valence electrons. The van der Waals surface area contributed by atoms with Crippen LogP contribution in [-0.2, 0) is 4.74 Å². The summed E-state index contributed by atoms with van der Waals surface area (Å²) in [5, 5.41) is 14.6. The third kappa shape index (κ3) is 3.53. The van der Waals surface area contributed by atoms with Gasteiger partial charge in [0.15, 0.2) is 0 Å². The summed E-state index contributed by atoms with van der Waals surface area (Å²) >= 11 is 0. The molecule has 5 rings (SSSR count). The fourth-order valence-corrected chi connectivity index (χ4v) is 4.01. The summed E-state index contributed by atoms with van der Waals surface area (Å²) in [5.74, 6) is 1.33. The van der Waals surface area contributed by atoms with Crippen LogP contribution in [-0.4, -0.2) is 39.4 Å². The Morgan fingerprint density at radius 3 is 2.74 bits per heavy atom. The highest BCUT2D eigenvalue weighted by atomic mass is 16.5. The fourth-order valence-electron chi connectivity index (χ4n) is 4.01. The molecule has 1 N–H and O–H groups in total. The number of H-pyrrole nitrogens is 1. The predicted molar refractivity (Wildman–Crippen MR) is 113 cm³/mol. The van der Waals surface area contributed by atoms with Gasteiger partial charge in [0.1, 0.15) is 35.7 Å². The molecule has 3 aromatic heterocycles. The fraction of sp³-hybridized carbons (Fsp3) is 0.304. The molecule has 1 aromatic carbocycles. The lowest BCUT2D eigenvalue weighted by Gasteiger charge is -2.23. The maximum absolute atomic E-state index is 9.71. The number of aromatic nitrogens is 4. The van der Waals surface area contributed by atoms with E-state index in [1.807, 2.05) is 38.1 Å². The summed E-state index contributed by atoms with van der Waals surface area (Å²) in [5.41, 5.74) is 5.36. The highest BCUT2D eigenvalue weighted by Crippen LogP contribution is 2.34. The van der Waals surface area contributed by atoms with E-state index in [9.17, 15) is 5.26 Å². The smallest absolute Gasteiger partial charge is 0.143 e. The number of nitriles is 1. The number of nitrogens with one attached hydrogen (secondary N) is 1. The van der Waals surface area contributed by atoms with Crippen molar-refractivity contribution in [2.24, 2.45) is 0 Å². The molecule has 0 saturated carbocycles. The average molecular weight is 415 g/mol. The Kier molecular flexibility index (Phi) is 4.88. The Bertz CT molecular complexity index is 1280. The lowest BCUT2D eigenvalue weighted by molar-refractivity contribution is 0.0254. The standard InChI is InChI=1S/C23H21N5O3/c1-13-21(14(2)31-28-13)19-10-18-22(25-12-26-23(18)27-19)15-3-4-20(16(9-15)11-24)30-17-5-7-29-8-6-17/h3-4,9-10,12,17H,5-8H2,1-2H3,(H,25,26,27). The van der Waals surface area contributed by atoms with Gasteiger partial charge in [-0.2, -0.15) is 5.26 Å². The van der Waals surface area contributed by atoms with Crippen molar-refractivity contribution in [1.29, 1.82) is 5.26 Å². The molecule has 4 heterocycles. The van der Waals surface area contributed by atoms with Crippen LogP contribution >= 0.6 is 0 Å². The van der Waals surface area contributed by atoms with E-state index in [-0.39, 0.29) is 6.10 Å². The molecule has 1 aliphatic heterocycles. The van der Waals surface area contributed by atoms with Crippen LogP contribution in [0.3, 0.4) is 0 Å². The average Bonchev–Trinajstić information content (AvgIpc) is 3.36. The summed E-state index contributed by atoms with van der Waals surface area (Å²) < 4.78 is 16.8. The van der Waals surface area contributed by atoms with Gasteiger partial charge in [0.2, 0.25) is 0 Å². The number of hydrogen-bond acceptors (Lipinski definition) is 7. The van der Waals surface area contributed by atoms with Crippen LogP contribution in [0.15, 0.2) is 35.1 Å². The molecule has 0 bridgehead atoms. The van der Waals surface area contributed by atoms with Crippen molar-refractivity contribution in [3.8, 4) is 34.3 Å². The number of aromatic amines is 1. The first-order valence-electron chi connectivity index (χ1n) is 10.2. The largest absolute Gasteiger partial charge is 0.489 e. The van der Waals surface area contributed by atoms with Gasteiger partial charge in [0, 0.05) is 23.8 Å². The normalized spacial score (nSPS) is 14.6. The molecule has 0 unspecified atom stereocenters. The minimum atomic E-state index is 0.0692. The number of rotatable bonds is 4. The minimum absolute atomic E-state index is 0.0692. The van der Waals surface area contributed by atoms with Crippen molar-refractivity contribution < 1.29 is 14.0 Å². The van der Waals surface area contributed by atoms with Gasteiger partial charge in [-0.15, -0.1) is 0 Å². The Labute approximate surface area is 178 Å². The van der Waals surface area contributed by atoms with Gasteiger partial charge in [0.25, 0.3) is 0 Å². The first kappa shape index (κ1) is 19.3. The Morgan fingerprint density at radius 1 is 1.16 bits per heavy atom. The number of benzene rings is 1. The molecule has 0 aliphatic carbocycles. The van der Waals surface area contributed by atoms with Gasteiger partial charge in [-0.25, -0.2) is 9.97 Å². The highest BCUT2D eigenvalue weighted by Gasteiger charge is 2.19. The maximum atomic E-state index is 9.71. The molecule has 8 nitrogen and oxygen atoms in total. The van der Waals surface area contributed by atoms with E-state index in [0.717, 1.165) is 52.2 Å². The first-order chi connectivity index (χ1) is 15.1. The maximum Gasteiger partial charge on any atom is 0.143 e. The van der Waals surface area contributed by atoms with Gasteiger partial charge < -0.3 is 19.0 Å². The Balaban J connectivity index is 1.54. The van der Waals surface area contributed by atoms with Crippen molar-refractivity contribution in [2.45, 2.75) is 32.8 Å². The molecular weight excluding hydrogens is 394 g/mol. The lowest BCUT2D eigenvalue weighted by atomic mass is 10.0. The third-order valence-electron chi connectivity index (χ3n) is 5.56. The van der Waals surface area contributed by atoms with Crippen LogP contribution in [0.5, 0.6) is 5.75 Å². The SMILES string of the molecule is Cc1noc(C)c1-c1cc2c(-c3ccc(OC4CCOCC4)c(C#N)c3)ncnc2[nH]1. The van der Waals surface area contributed by atoms with Crippen LogP contribution in [0.4, 0.5) is 0 Å². The van der Waals surface area contributed by atoms with Crippen LogP contribution in [0.1, 0.15) is 29.9 Å². The van der Waals surface area contributed by atoms with Crippen molar-refractivity contribution in [2.75, 3.05) is 13.2 Å². The zero-order chi connectivity index (χ0) is 21.4. The Morgan fingerprint density at radius 2 is 2.00 bits per heavy atom. The number of hydrogen-bond donors (Lipinski definition) is 1. The summed E-state index contributed by atoms with van der Waals surface area (Å²) in [6.45, 7) is 5.15. The number of nitrogens with zero attached hydrogens (tertiary/aromatic N) is 4. The second kappa shape index (κ2) is 7.85. The van der Waals surface area contributed by atoms with E-state index in [2.05, 4.69) is 26.2 Å². The molecule has 31 heavy (non-hydrogen) atoms. The molecule has 1 saturated heterocycles. The van der Waals surface area contributed by atoms with Gasteiger partial charge in [-0.1, -0.05) is 5.16 Å². The van der Waals surface area contributed by atoms with E-state index >= 15 is 0 Å².